The Bertz CT molecular complexity index is 297. The molecule has 1 rings (SSSR count). The van der Waals surface area contributed by atoms with Gasteiger partial charge < -0.3 is 4.90 Å². The molecule has 0 bridgehead atoms. The Morgan fingerprint density at radius 3 is 2.36 bits per heavy atom. The number of hydrogen-bond donors (Lipinski definition) is 0. The average molecular weight is 277 g/mol. The number of halogens is 2. The third kappa shape index (κ3) is 2.64. The van der Waals surface area contributed by atoms with Crippen LogP contribution in [0, 0.1) is 0 Å². The molecule has 0 radical (unpaired) electrons. The summed E-state index contributed by atoms with van der Waals surface area (Å²) in [4.78, 5) is 2.31. The van der Waals surface area contributed by atoms with E-state index in [4.69, 9.17) is 11.6 Å². The Balaban J connectivity index is 2.98. The molecule has 0 N–H and O–H groups in total. The predicted octanol–water partition coefficient (Wildman–Crippen LogP) is 4.03. The lowest BCUT2D eigenvalue weighted by Crippen LogP contribution is -2.22. The minimum atomic E-state index is 0.567. The van der Waals surface area contributed by atoms with E-state index in [0.717, 1.165) is 23.1 Å². The van der Waals surface area contributed by atoms with E-state index in [2.05, 4.69) is 52.9 Å². The van der Waals surface area contributed by atoms with Crippen LogP contribution in [0.2, 0.25) is 0 Å². The van der Waals surface area contributed by atoms with E-state index in [1.807, 2.05) is 0 Å². The van der Waals surface area contributed by atoms with Gasteiger partial charge in [0.2, 0.25) is 0 Å². The Morgan fingerprint density at radius 2 is 1.93 bits per heavy atom. The number of anilines is 1. The summed E-state index contributed by atoms with van der Waals surface area (Å²) in [7, 11) is 0. The highest BCUT2D eigenvalue weighted by Gasteiger charge is 2.06. The molecule has 3 heteroatoms. The van der Waals surface area contributed by atoms with E-state index in [-0.39, 0.29) is 0 Å². The number of benzene rings is 1. The predicted molar refractivity (Wildman–Crippen MR) is 67.3 cm³/mol. The first-order valence-corrected chi connectivity index (χ1v) is 6.15. The summed E-state index contributed by atoms with van der Waals surface area (Å²) in [5.41, 5.74) is 2.39. The summed E-state index contributed by atoms with van der Waals surface area (Å²) in [6.07, 6.45) is 0. The first-order valence-electron chi connectivity index (χ1n) is 4.82. The minimum Gasteiger partial charge on any atom is -0.371 e. The SMILES string of the molecule is CCN(CC)c1ccc(CCl)cc1Br. The fraction of sp³-hybridized carbons (Fsp3) is 0.455. The zero-order valence-electron chi connectivity index (χ0n) is 8.56. The Kier molecular flexibility index (Phi) is 4.76. The van der Waals surface area contributed by atoms with Crippen molar-refractivity contribution in [2.45, 2.75) is 19.7 Å². The van der Waals surface area contributed by atoms with Gasteiger partial charge in [-0.1, -0.05) is 6.07 Å². The van der Waals surface area contributed by atoms with Crippen LogP contribution in [0.4, 0.5) is 5.69 Å². The molecule has 0 amide bonds. The molecule has 1 aromatic rings. The molecular weight excluding hydrogens is 261 g/mol. The van der Waals surface area contributed by atoms with Gasteiger partial charge in [-0.05, 0) is 47.5 Å². The molecular formula is C11H15BrClN. The van der Waals surface area contributed by atoms with Crippen LogP contribution in [0.5, 0.6) is 0 Å². The molecule has 1 aromatic carbocycles. The van der Waals surface area contributed by atoms with Crippen LogP contribution in [0.25, 0.3) is 0 Å². The first kappa shape index (κ1) is 11.9. The first-order chi connectivity index (χ1) is 6.72. The van der Waals surface area contributed by atoms with Crippen LogP contribution in [0.1, 0.15) is 19.4 Å². The molecule has 14 heavy (non-hydrogen) atoms. The molecule has 0 aliphatic heterocycles. The average Bonchev–Trinajstić information content (AvgIpc) is 2.22. The molecule has 0 saturated carbocycles. The highest BCUT2D eigenvalue weighted by Crippen LogP contribution is 2.27. The van der Waals surface area contributed by atoms with Crippen molar-refractivity contribution >= 4 is 33.2 Å². The standard InChI is InChI=1S/C11H15BrClN/c1-3-14(4-2)11-6-5-9(8-13)7-10(11)12/h5-7H,3-4,8H2,1-2H3. The van der Waals surface area contributed by atoms with E-state index in [1.165, 1.54) is 5.69 Å². The Hall–Kier alpha value is -0.210. The maximum absolute atomic E-state index is 5.76. The zero-order valence-corrected chi connectivity index (χ0v) is 10.9. The second kappa shape index (κ2) is 5.62. The third-order valence-corrected chi connectivity index (χ3v) is 3.21. The number of rotatable bonds is 4. The molecule has 0 atom stereocenters. The lowest BCUT2D eigenvalue weighted by molar-refractivity contribution is 0.863. The lowest BCUT2D eigenvalue weighted by Gasteiger charge is -2.22. The molecule has 0 fully saturated rings. The van der Waals surface area contributed by atoms with Gasteiger partial charge in [-0.2, -0.15) is 0 Å². The fourth-order valence-corrected chi connectivity index (χ4v) is 2.30. The van der Waals surface area contributed by atoms with E-state index in [9.17, 15) is 0 Å². The normalized spacial score (nSPS) is 10.3. The van der Waals surface area contributed by atoms with Gasteiger partial charge in [0.25, 0.3) is 0 Å². The molecule has 0 aliphatic carbocycles. The fourth-order valence-electron chi connectivity index (χ4n) is 1.45. The van der Waals surface area contributed by atoms with Crippen molar-refractivity contribution in [3.05, 3.63) is 28.2 Å². The van der Waals surface area contributed by atoms with Gasteiger partial charge in [-0.25, -0.2) is 0 Å². The molecule has 0 saturated heterocycles. The van der Waals surface area contributed by atoms with Crippen LogP contribution < -0.4 is 4.90 Å². The minimum absolute atomic E-state index is 0.567. The lowest BCUT2D eigenvalue weighted by atomic mass is 10.2. The van der Waals surface area contributed by atoms with Crippen LogP contribution in [-0.4, -0.2) is 13.1 Å². The number of nitrogens with zero attached hydrogens (tertiary/aromatic N) is 1. The summed E-state index contributed by atoms with van der Waals surface area (Å²) < 4.78 is 1.12. The van der Waals surface area contributed by atoms with E-state index >= 15 is 0 Å². The summed E-state index contributed by atoms with van der Waals surface area (Å²) >= 11 is 9.33. The van der Waals surface area contributed by atoms with Gasteiger partial charge in [0.05, 0.1) is 5.69 Å². The summed E-state index contributed by atoms with van der Waals surface area (Å²) in [6, 6.07) is 6.28. The van der Waals surface area contributed by atoms with Crippen molar-refractivity contribution in [3.8, 4) is 0 Å². The molecule has 0 unspecified atom stereocenters. The van der Waals surface area contributed by atoms with Gasteiger partial charge in [0.15, 0.2) is 0 Å². The summed E-state index contributed by atoms with van der Waals surface area (Å²) in [6.45, 7) is 6.36. The number of hydrogen-bond acceptors (Lipinski definition) is 1. The number of alkyl halides is 1. The van der Waals surface area contributed by atoms with Crippen molar-refractivity contribution < 1.29 is 0 Å². The molecule has 0 aliphatic rings. The maximum Gasteiger partial charge on any atom is 0.0510 e. The zero-order chi connectivity index (χ0) is 10.6. The van der Waals surface area contributed by atoms with E-state index in [0.29, 0.717) is 5.88 Å². The third-order valence-electron chi connectivity index (χ3n) is 2.27. The maximum atomic E-state index is 5.76. The smallest absolute Gasteiger partial charge is 0.0510 e. The van der Waals surface area contributed by atoms with Gasteiger partial charge in [0.1, 0.15) is 0 Å². The monoisotopic (exact) mass is 275 g/mol. The van der Waals surface area contributed by atoms with Gasteiger partial charge in [0, 0.05) is 23.4 Å². The second-order valence-electron chi connectivity index (χ2n) is 3.09. The van der Waals surface area contributed by atoms with Crippen molar-refractivity contribution in [2.75, 3.05) is 18.0 Å². The van der Waals surface area contributed by atoms with Crippen molar-refractivity contribution in [1.82, 2.24) is 0 Å². The topological polar surface area (TPSA) is 3.24 Å². The summed E-state index contributed by atoms with van der Waals surface area (Å²) in [5.74, 6) is 0.567. The van der Waals surface area contributed by atoms with Crippen LogP contribution in [0.15, 0.2) is 22.7 Å². The van der Waals surface area contributed by atoms with Gasteiger partial charge >= 0.3 is 0 Å². The largest absolute Gasteiger partial charge is 0.371 e. The van der Waals surface area contributed by atoms with Crippen molar-refractivity contribution in [1.29, 1.82) is 0 Å². The molecule has 0 aromatic heterocycles. The molecule has 0 heterocycles. The van der Waals surface area contributed by atoms with Crippen molar-refractivity contribution in [2.24, 2.45) is 0 Å². The van der Waals surface area contributed by atoms with Gasteiger partial charge in [-0.3, -0.25) is 0 Å². The Labute approximate surface area is 99.2 Å². The van der Waals surface area contributed by atoms with Crippen LogP contribution in [-0.2, 0) is 5.88 Å². The molecule has 0 spiro atoms. The highest BCUT2D eigenvalue weighted by molar-refractivity contribution is 9.10. The van der Waals surface area contributed by atoms with Crippen LogP contribution >= 0.6 is 27.5 Å². The van der Waals surface area contributed by atoms with Crippen LogP contribution in [0.3, 0.4) is 0 Å². The molecule has 78 valence electrons. The second-order valence-corrected chi connectivity index (χ2v) is 4.21. The van der Waals surface area contributed by atoms with E-state index < -0.39 is 0 Å². The summed E-state index contributed by atoms with van der Waals surface area (Å²) in [5, 5.41) is 0. The Morgan fingerprint density at radius 1 is 1.29 bits per heavy atom. The van der Waals surface area contributed by atoms with Gasteiger partial charge in [-0.15, -0.1) is 11.6 Å². The molecule has 1 nitrogen and oxygen atoms in total. The van der Waals surface area contributed by atoms with Crippen molar-refractivity contribution in [3.63, 3.8) is 0 Å². The van der Waals surface area contributed by atoms with E-state index in [1.54, 1.807) is 0 Å². The quantitative estimate of drug-likeness (QED) is 0.750. The highest BCUT2D eigenvalue weighted by atomic mass is 79.9.